The molecule has 0 aliphatic rings. The molecule has 1 N–H and O–H groups in total. The molecule has 0 saturated heterocycles. The molecular weight excluding hydrogens is 361 g/mol. The number of ether oxygens (including phenoxy) is 1. The predicted molar refractivity (Wildman–Crippen MR) is 105 cm³/mol. The number of H-pyrrole nitrogens is 1. The zero-order valence-corrected chi connectivity index (χ0v) is 15.4. The van der Waals surface area contributed by atoms with Gasteiger partial charge in [-0.1, -0.05) is 18.2 Å². The predicted octanol–water partition coefficient (Wildman–Crippen LogP) is 2.98. The Morgan fingerprint density at radius 2 is 1.79 bits per heavy atom. The number of hydrogen-bond acceptors (Lipinski definition) is 3. The maximum Gasteiger partial charge on any atom is 0.280 e. The smallest absolute Gasteiger partial charge is 0.280 e. The summed E-state index contributed by atoms with van der Waals surface area (Å²) < 4.78 is 21.4. The molecule has 2 aromatic carbocycles. The molecule has 2 aromatic heterocycles. The number of aryl methyl sites for hydroxylation is 1. The van der Waals surface area contributed by atoms with Gasteiger partial charge in [0.1, 0.15) is 11.6 Å². The summed E-state index contributed by atoms with van der Waals surface area (Å²) in [5, 5.41) is 3.35. The third kappa shape index (κ3) is 2.90. The maximum atomic E-state index is 13.2. The van der Waals surface area contributed by atoms with Crippen LogP contribution in [0.5, 0.6) is 5.75 Å². The number of methoxy groups -OCH3 is 1. The largest absolute Gasteiger partial charge is 0.496 e. The van der Waals surface area contributed by atoms with Gasteiger partial charge in [0.25, 0.3) is 11.1 Å². The molecule has 0 aliphatic carbocycles. The normalized spacial score (nSPS) is 11.1. The molecular formula is C21H18FN3O3. The molecule has 28 heavy (non-hydrogen) atoms. The van der Waals surface area contributed by atoms with Crippen LogP contribution in [0.25, 0.3) is 16.6 Å². The Morgan fingerprint density at radius 3 is 2.50 bits per heavy atom. The summed E-state index contributed by atoms with van der Waals surface area (Å²) in [6, 6.07) is 14.4. The van der Waals surface area contributed by atoms with E-state index in [1.807, 2.05) is 24.3 Å². The Morgan fingerprint density at radius 1 is 1.07 bits per heavy atom. The first-order valence-corrected chi connectivity index (χ1v) is 8.72. The lowest BCUT2D eigenvalue weighted by Crippen LogP contribution is -2.24. The second-order valence-corrected chi connectivity index (χ2v) is 6.48. The highest BCUT2D eigenvalue weighted by atomic mass is 19.1. The average molecular weight is 379 g/mol. The molecule has 6 nitrogen and oxygen atoms in total. The third-order valence-corrected chi connectivity index (χ3v) is 4.82. The average Bonchev–Trinajstić information content (AvgIpc) is 3.02. The highest BCUT2D eigenvalue weighted by molar-refractivity contribution is 5.80. The molecule has 7 heteroatoms. The van der Waals surface area contributed by atoms with E-state index in [1.165, 1.54) is 35.0 Å². The number of aromatic nitrogens is 3. The van der Waals surface area contributed by atoms with Crippen LogP contribution in [-0.4, -0.2) is 21.5 Å². The number of benzene rings is 2. The Labute approximate surface area is 159 Å². The first-order chi connectivity index (χ1) is 13.5. The van der Waals surface area contributed by atoms with Crippen LogP contribution in [0, 0.1) is 12.7 Å². The lowest BCUT2D eigenvalue weighted by atomic mass is 10.1. The van der Waals surface area contributed by atoms with E-state index >= 15 is 0 Å². The summed E-state index contributed by atoms with van der Waals surface area (Å²) in [5.41, 5.74) is 1.79. The second-order valence-electron chi connectivity index (χ2n) is 6.48. The van der Waals surface area contributed by atoms with Gasteiger partial charge < -0.3 is 9.30 Å². The summed E-state index contributed by atoms with van der Waals surface area (Å²) in [6.45, 7) is 2.02. The van der Waals surface area contributed by atoms with E-state index in [-0.39, 0.29) is 23.5 Å². The number of fused-ring (bicyclic) bond motifs is 1. The van der Waals surface area contributed by atoms with Crippen LogP contribution in [0.1, 0.15) is 11.3 Å². The third-order valence-electron chi connectivity index (χ3n) is 4.82. The minimum absolute atomic E-state index is 0.233. The van der Waals surface area contributed by atoms with Gasteiger partial charge in [0.2, 0.25) is 0 Å². The van der Waals surface area contributed by atoms with E-state index in [9.17, 15) is 14.0 Å². The van der Waals surface area contributed by atoms with Gasteiger partial charge in [0, 0.05) is 17.3 Å². The fourth-order valence-electron chi connectivity index (χ4n) is 3.38. The van der Waals surface area contributed by atoms with Crippen molar-refractivity contribution >= 4 is 10.9 Å². The van der Waals surface area contributed by atoms with Crippen molar-refractivity contribution in [2.24, 2.45) is 0 Å². The van der Waals surface area contributed by atoms with E-state index < -0.39 is 0 Å². The molecule has 4 aromatic rings. The van der Waals surface area contributed by atoms with Crippen LogP contribution in [-0.2, 0) is 6.54 Å². The second kappa shape index (κ2) is 6.84. The molecule has 0 amide bonds. The molecule has 2 heterocycles. The summed E-state index contributed by atoms with van der Waals surface area (Å²) in [6.07, 6.45) is 0. The Bertz CT molecular complexity index is 1280. The van der Waals surface area contributed by atoms with Gasteiger partial charge in [-0.25, -0.2) is 9.07 Å². The van der Waals surface area contributed by atoms with Crippen molar-refractivity contribution in [1.82, 2.24) is 14.3 Å². The summed E-state index contributed by atoms with van der Waals surface area (Å²) >= 11 is 0. The SMILES string of the molecule is COc1ccccc1Cn1c(C)c2c(=O)n(-c3ccc(F)cc3)[nH]c2cc1=O. The van der Waals surface area contributed by atoms with Crippen molar-refractivity contribution in [3.05, 3.63) is 92.4 Å². The number of pyridine rings is 1. The highest BCUT2D eigenvalue weighted by Gasteiger charge is 2.16. The lowest BCUT2D eigenvalue weighted by Gasteiger charge is -2.13. The van der Waals surface area contributed by atoms with Crippen molar-refractivity contribution in [2.45, 2.75) is 13.5 Å². The molecule has 0 unspecified atom stereocenters. The number of aromatic amines is 1. The van der Waals surface area contributed by atoms with E-state index in [2.05, 4.69) is 5.10 Å². The van der Waals surface area contributed by atoms with Gasteiger partial charge in [0.15, 0.2) is 0 Å². The number of halogens is 1. The summed E-state index contributed by atoms with van der Waals surface area (Å²) in [4.78, 5) is 25.7. The van der Waals surface area contributed by atoms with Crippen LogP contribution < -0.4 is 15.9 Å². The van der Waals surface area contributed by atoms with Gasteiger partial charge in [0.05, 0.1) is 30.2 Å². The summed E-state index contributed by atoms with van der Waals surface area (Å²) in [5.74, 6) is 0.285. The van der Waals surface area contributed by atoms with Crippen LogP contribution in [0.2, 0.25) is 0 Å². The zero-order valence-electron chi connectivity index (χ0n) is 15.4. The maximum absolute atomic E-state index is 13.2. The van der Waals surface area contributed by atoms with Crippen LogP contribution in [0.15, 0.2) is 64.2 Å². The fourth-order valence-corrected chi connectivity index (χ4v) is 3.38. The van der Waals surface area contributed by atoms with Crippen LogP contribution in [0.3, 0.4) is 0 Å². The monoisotopic (exact) mass is 379 g/mol. The molecule has 0 bridgehead atoms. The number of nitrogens with one attached hydrogen (secondary N) is 1. The number of nitrogens with zero attached hydrogens (tertiary/aromatic N) is 2. The van der Waals surface area contributed by atoms with Crippen molar-refractivity contribution in [1.29, 1.82) is 0 Å². The van der Waals surface area contributed by atoms with Crippen molar-refractivity contribution in [2.75, 3.05) is 7.11 Å². The summed E-state index contributed by atoms with van der Waals surface area (Å²) in [7, 11) is 1.57. The lowest BCUT2D eigenvalue weighted by molar-refractivity contribution is 0.408. The topological polar surface area (TPSA) is 69.0 Å². The Balaban J connectivity index is 1.88. The van der Waals surface area contributed by atoms with Gasteiger partial charge in [-0.3, -0.25) is 14.7 Å². The Hall–Kier alpha value is -3.61. The van der Waals surface area contributed by atoms with Gasteiger partial charge in [-0.2, -0.15) is 0 Å². The standard InChI is InChI=1S/C21H18FN3O3/c1-13-20-17(23-25(21(20)27)16-9-7-15(22)8-10-16)11-19(26)24(13)12-14-5-3-4-6-18(14)28-2/h3-11,23H,12H2,1-2H3. The number of hydrogen-bond donors (Lipinski definition) is 1. The van der Waals surface area contributed by atoms with Gasteiger partial charge in [-0.15, -0.1) is 0 Å². The van der Waals surface area contributed by atoms with Gasteiger partial charge >= 0.3 is 0 Å². The van der Waals surface area contributed by atoms with E-state index in [1.54, 1.807) is 18.6 Å². The van der Waals surface area contributed by atoms with Gasteiger partial charge in [-0.05, 0) is 37.3 Å². The molecule has 0 aliphatic heterocycles. The molecule has 0 fully saturated rings. The molecule has 4 rings (SSSR count). The zero-order chi connectivity index (χ0) is 19.8. The van der Waals surface area contributed by atoms with Crippen molar-refractivity contribution < 1.29 is 9.13 Å². The first-order valence-electron chi connectivity index (χ1n) is 8.72. The van der Waals surface area contributed by atoms with E-state index in [0.29, 0.717) is 28.0 Å². The van der Waals surface area contributed by atoms with E-state index in [0.717, 1.165) is 5.56 Å². The van der Waals surface area contributed by atoms with Crippen LogP contribution in [0.4, 0.5) is 4.39 Å². The molecule has 0 radical (unpaired) electrons. The minimum atomic E-state index is -0.388. The molecule has 0 saturated carbocycles. The van der Waals surface area contributed by atoms with E-state index in [4.69, 9.17) is 4.74 Å². The first kappa shape index (κ1) is 17.8. The molecule has 0 atom stereocenters. The fraction of sp³-hybridized carbons (Fsp3) is 0.143. The minimum Gasteiger partial charge on any atom is -0.496 e. The number of para-hydroxylation sites is 1. The quantitative estimate of drug-likeness (QED) is 0.593. The van der Waals surface area contributed by atoms with Crippen molar-refractivity contribution in [3.8, 4) is 11.4 Å². The van der Waals surface area contributed by atoms with Crippen molar-refractivity contribution in [3.63, 3.8) is 0 Å². The molecule has 142 valence electrons. The molecule has 0 spiro atoms. The number of rotatable bonds is 4. The highest BCUT2D eigenvalue weighted by Crippen LogP contribution is 2.20. The Kier molecular flexibility index (Phi) is 4.35. The van der Waals surface area contributed by atoms with Crippen LogP contribution >= 0.6 is 0 Å².